The highest BCUT2D eigenvalue weighted by atomic mass is 19.4. The number of hydrogen-bond acceptors (Lipinski definition) is 6. The Morgan fingerprint density at radius 2 is 2.04 bits per heavy atom. The molecule has 0 spiro atoms. The molecule has 0 saturated heterocycles. The molecule has 0 atom stereocenters. The van der Waals surface area contributed by atoms with E-state index in [2.05, 4.69) is 10.5 Å². The summed E-state index contributed by atoms with van der Waals surface area (Å²) in [6.45, 7) is 0. The molecule has 2 rings (SSSR count). The molecule has 11 heteroatoms. The summed E-state index contributed by atoms with van der Waals surface area (Å²) < 4.78 is 43.0. The number of nitro groups is 1. The number of alkyl halides is 3. The molecule has 0 saturated carbocycles. The number of benzene rings is 2. The fourth-order valence-corrected chi connectivity index (χ4v) is 2.23. The van der Waals surface area contributed by atoms with Gasteiger partial charge in [-0.3, -0.25) is 14.9 Å². The van der Waals surface area contributed by atoms with Crippen LogP contribution in [-0.4, -0.2) is 29.3 Å². The van der Waals surface area contributed by atoms with E-state index in [9.17, 15) is 33.2 Å². The summed E-state index contributed by atoms with van der Waals surface area (Å²) in [6.07, 6.45) is -4.03. The predicted molar refractivity (Wildman–Crippen MR) is 92.2 cm³/mol. The van der Waals surface area contributed by atoms with Gasteiger partial charge >= 0.3 is 6.18 Å². The first-order valence-electron chi connectivity index (χ1n) is 7.65. The van der Waals surface area contributed by atoms with E-state index < -0.39 is 34.7 Å². The average Bonchev–Trinajstić information content (AvgIpc) is 2.62. The van der Waals surface area contributed by atoms with Crippen molar-refractivity contribution in [3.8, 4) is 11.5 Å². The molecule has 0 heterocycles. The maximum atomic E-state index is 12.7. The third kappa shape index (κ3) is 5.19. The number of nitro benzene ring substituents is 1. The lowest BCUT2D eigenvalue weighted by molar-refractivity contribution is -0.385. The van der Waals surface area contributed by atoms with E-state index in [1.807, 2.05) is 0 Å². The van der Waals surface area contributed by atoms with Crippen LogP contribution in [0.5, 0.6) is 11.5 Å². The Labute approximate surface area is 156 Å². The molecule has 1 amide bonds. The molecule has 8 nitrogen and oxygen atoms in total. The van der Waals surface area contributed by atoms with Crippen LogP contribution in [-0.2, 0) is 17.4 Å². The lowest BCUT2D eigenvalue weighted by atomic mass is 10.1. The number of carbonyl (C=O) groups is 1. The Balaban J connectivity index is 2.09. The molecule has 0 aliphatic rings. The molecule has 148 valence electrons. The van der Waals surface area contributed by atoms with Crippen LogP contribution in [0.15, 0.2) is 41.5 Å². The number of phenols is 1. The van der Waals surface area contributed by atoms with Crippen LogP contribution in [0.4, 0.5) is 18.9 Å². The summed E-state index contributed by atoms with van der Waals surface area (Å²) >= 11 is 0. The highest BCUT2D eigenvalue weighted by Gasteiger charge is 2.33. The van der Waals surface area contributed by atoms with Crippen molar-refractivity contribution in [2.24, 2.45) is 5.10 Å². The summed E-state index contributed by atoms with van der Waals surface area (Å²) in [6, 6.07) is 6.23. The molecule has 0 aliphatic heterocycles. The molecule has 0 radical (unpaired) electrons. The summed E-state index contributed by atoms with van der Waals surface area (Å²) in [5, 5.41) is 24.2. The van der Waals surface area contributed by atoms with Gasteiger partial charge in [0, 0.05) is 11.6 Å². The van der Waals surface area contributed by atoms with Crippen molar-refractivity contribution in [2.75, 3.05) is 7.11 Å². The van der Waals surface area contributed by atoms with Crippen molar-refractivity contribution in [3.63, 3.8) is 0 Å². The van der Waals surface area contributed by atoms with Gasteiger partial charge in [-0.1, -0.05) is 6.07 Å². The second-order valence-electron chi connectivity index (χ2n) is 5.50. The molecular formula is C17H14F3N3O5. The van der Waals surface area contributed by atoms with Crippen LogP contribution in [0.1, 0.15) is 16.7 Å². The molecule has 0 bridgehead atoms. The second kappa shape index (κ2) is 8.37. The van der Waals surface area contributed by atoms with E-state index >= 15 is 0 Å². The van der Waals surface area contributed by atoms with Crippen LogP contribution in [0, 0.1) is 10.1 Å². The zero-order valence-corrected chi connectivity index (χ0v) is 14.4. The van der Waals surface area contributed by atoms with Gasteiger partial charge in [0.15, 0.2) is 11.5 Å². The van der Waals surface area contributed by atoms with Crippen LogP contribution in [0.3, 0.4) is 0 Å². The monoisotopic (exact) mass is 397 g/mol. The van der Waals surface area contributed by atoms with Gasteiger partial charge in [0.1, 0.15) is 0 Å². The second-order valence-corrected chi connectivity index (χ2v) is 5.50. The number of aromatic hydroxyl groups is 1. The summed E-state index contributed by atoms with van der Waals surface area (Å²) in [5.41, 5.74) is 0.437. The van der Waals surface area contributed by atoms with Gasteiger partial charge in [-0.05, 0) is 29.8 Å². The van der Waals surface area contributed by atoms with Crippen LogP contribution in [0.2, 0.25) is 0 Å². The minimum atomic E-state index is -4.74. The van der Waals surface area contributed by atoms with Crippen molar-refractivity contribution in [1.82, 2.24) is 5.43 Å². The van der Waals surface area contributed by atoms with Crippen molar-refractivity contribution in [3.05, 3.63) is 63.2 Å². The number of phenolic OH excluding ortho intramolecular Hbond substituents is 1. The minimum absolute atomic E-state index is 0.0849. The molecule has 2 N–H and O–H groups in total. The quantitative estimate of drug-likeness (QED) is 0.442. The van der Waals surface area contributed by atoms with E-state index in [1.165, 1.54) is 31.5 Å². The number of halogens is 3. The van der Waals surface area contributed by atoms with Crippen LogP contribution >= 0.6 is 0 Å². The number of rotatable bonds is 6. The Morgan fingerprint density at radius 1 is 1.32 bits per heavy atom. The van der Waals surface area contributed by atoms with Gasteiger partial charge < -0.3 is 9.84 Å². The fraction of sp³-hybridized carbons (Fsp3) is 0.176. The lowest BCUT2D eigenvalue weighted by Gasteiger charge is -2.08. The van der Waals surface area contributed by atoms with Gasteiger partial charge in [-0.25, -0.2) is 5.43 Å². The topological polar surface area (TPSA) is 114 Å². The Bertz CT molecular complexity index is 929. The van der Waals surface area contributed by atoms with Crippen molar-refractivity contribution in [2.45, 2.75) is 12.6 Å². The van der Waals surface area contributed by atoms with Gasteiger partial charge in [-0.2, -0.15) is 18.3 Å². The van der Waals surface area contributed by atoms with E-state index in [1.54, 1.807) is 0 Å². The maximum absolute atomic E-state index is 12.7. The number of methoxy groups -OCH3 is 1. The number of hydrogen-bond donors (Lipinski definition) is 2. The fourth-order valence-electron chi connectivity index (χ4n) is 2.23. The third-order valence-electron chi connectivity index (χ3n) is 3.57. The minimum Gasteiger partial charge on any atom is -0.504 e. The van der Waals surface area contributed by atoms with Crippen molar-refractivity contribution >= 4 is 17.8 Å². The molecule has 2 aromatic carbocycles. The van der Waals surface area contributed by atoms with E-state index in [0.29, 0.717) is 17.7 Å². The zero-order valence-electron chi connectivity index (χ0n) is 14.4. The Hall–Kier alpha value is -3.63. The Kier molecular flexibility index (Phi) is 6.18. The normalized spacial score (nSPS) is 11.4. The first-order valence-corrected chi connectivity index (χ1v) is 7.65. The highest BCUT2D eigenvalue weighted by Crippen LogP contribution is 2.33. The van der Waals surface area contributed by atoms with Crippen molar-refractivity contribution in [1.29, 1.82) is 0 Å². The van der Waals surface area contributed by atoms with Gasteiger partial charge in [0.05, 0.1) is 30.2 Å². The number of carbonyl (C=O) groups excluding carboxylic acids is 1. The number of nitrogens with one attached hydrogen (secondary N) is 1. The number of amides is 1. The van der Waals surface area contributed by atoms with Gasteiger partial charge in [0.2, 0.25) is 5.91 Å². The molecule has 2 aromatic rings. The first kappa shape index (κ1) is 20.7. The summed E-state index contributed by atoms with van der Waals surface area (Å²) in [7, 11) is 1.36. The van der Waals surface area contributed by atoms with Gasteiger partial charge in [-0.15, -0.1) is 0 Å². The molecule has 28 heavy (non-hydrogen) atoms. The van der Waals surface area contributed by atoms with Crippen molar-refractivity contribution < 1.29 is 32.7 Å². The largest absolute Gasteiger partial charge is 0.504 e. The Morgan fingerprint density at radius 3 is 2.64 bits per heavy atom. The van der Waals surface area contributed by atoms with E-state index in [4.69, 9.17) is 4.74 Å². The molecule has 0 aliphatic carbocycles. The smallest absolute Gasteiger partial charge is 0.416 e. The van der Waals surface area contributed by atoms with E-state index in [-0.39, 0.29) is 17.1 Å². The molecule has 0 fully saturated rings. The molecule has 0 unspecified atom stereocenters. The SMILES string of the molecule is COc1cc(/C=N/NC(=O)Cc2ccc(C(F)(F)F)cc2[N+](=O)[O-])ccc1O. The lowest BCUT2D eigenvalue weighted by Crippen LogP contribution is -2.20. The predicted octanol–water partition coefficient (Wildman–Crippen LogP) is 3.02. The molecular weight excluding hydrogens is 383 g/mol. The van der Waals surface area contributed by atoms with Gasteiger partial charge in [0.25, 0.3) is 5.69 Å². The van der Waals surface area contributed by atoms with Crippen LogP contribution in [0.25, 0.3) is 0 Å². The number of hydrazone groups is 1. The highest BCUT2D eigenvalue weighted by molar-refractivity contribution is 5.84. The zero-order chi connectivity index (χ0) is 20.9. The average molecular weight is 397 g/mol. The number of nitrogens with zero attached hydrogens (tertiary/aromatic N) is 2. The van der Waals surface area contributed by atoms with Crippen LogP contribution < -0.4 is 10.2 Å². The maximum Gasteiger partial charge on any atom is 0.416 e. The van der Waals surface area contributed by atoms with E-state index in [0.717, 1.165) is 6.07 Å². The summed E-state index contributed by atoms with van der Waals surface area (Å²) in [5.74, 6) is -0.654. The standard InChI is InChI=1S/C17H14F3N3O5/c1-28-15-6-10(2-5-14(15)24)9-21-22-16(25)7-11-3-4-12(17(18,19)20)8-13(11)23(26)27/h2-6,8-9,24H,7H2,1H3,(H,22,25)/b21-9+. The molecule has 0 aromatic heterocycles. The third-order valence-corrected chi connectivity index (χ3v) is 3.57. The first-order chi connectivity index (χ1) is 13.1. The summed E-state index contributed by atoms with van der Waals surface area (Å²) in [4.78, 5) is 21.9. The number of ether oxygens (including phenoxy) is 1.